The third kappa shape index (κ3) is 3.14. The van der Waals surface area contributed by atoms with E-state index in [9.17, 15) is 8.42 Å². The van der Waals surface area contributed by atoms with Crippen molar-refractivity contribution in [1.82, 2.24) is 25.8 Å². The van der Waals surface area contributed by atoms with Gasteiger partial charge in [0.25, 0.3) is 0 Å². The summed E-state index contributed by atoms with van der Waals surface area (Å²) < 4.78 is 27.4. The maximum atomic E-state index is 12.5. The first kappa shape index (κ1) is 15.0. The zero-order valence-corrected chi connectivity index (χ0v) is 14.2. The third-order valence-electron chi connectivity index (χ3n) is 2.96. The quantitative estimate of drug-likeness (QED) is 0.711. The van der Waals surface area contributed by atoms with E-state index < -0.39 is 9.84 Å². The van der Waals surface area contributed by atoms with Crippen molar-refractivity contribution in [3.8, 4) is 0 Å². The van der Waals surface area contributed by atoms with Gasteiger partial charge in [0.1, 0.15) is 0 Å². The Balaban J connectivity index is 1.84. The van der Waals surface area contributed by atoms with E-state index in [1.807, 2.05) is 12.2 Å². The first-order chi connectivity index (χ1) is 10.6. The van der Waals surface area contributed by atoms with Gasteiger partial charge in [-0.25, -0.2) is 13.1 Å². The Morgan fingerprint density at radius 1 is 1.23 bits per heavy atom. The smallest absolute Gasteiger partial charge is 0.227 e. The van der Waals surface area contributed by atoms with E-state index in [2.05, 4.69) is 43.8 Å². The van der Waals surface area contributed by atoms with Crippen LogP contribution in [0.4, 0.5) is 0 Å². The molecule has 0 unspecified atom stereocenters. The fraction of sp³-hybridized carbons (Fsp3) is 0.0769. The van der Waals surface area contributed by atoms with Crippen LogP contribution in [-0.4, -0.2) is 23.4 Å². The normalized spacial score (nSPS) is 14.1. The van der Waals surface area contributed by atoms with Gasteiger partial charge in [-0.15, -0.1) is 5.10 Å². The SMILES string of the molecule is O=S(=O)(c1ccc(I)cc1)c1cn(CC2=CC=CNN2)nn1. The van der Waals surface area contributed by atoms with Crippen molar-refractivity contribution in [2.45, 2.75) is 16.5 Å². The molecule has 0 spiro atoms. The molecule has 0 fully saturated rings. The zero-order valence-electron chi connectivity index (χ0n) is 11.3. The summed E-state index contributed by atoms with van der Waals surface area (Å²) in [6.07, 6.45) is 6.88. The summed E-state index contributed by atoms with van der Waals surface area (Å²) in [6, 6.07) is 6.62. The number of aromatic nitrogens is 3. The summed E-state index contributed by atoms with van der Waals surface area (Å²) in [7, 11) is -3.64. The Bertz CT molecular complexity index is 840. The number of halogens is 1. The highest BCUT2D eigenvalue weighted by Crippen LogP contribution is 2.19. The van der Waals surface area contributed by atoms with E-state index in [1.165, 1.54) is 10.9 Å². The Kier molecular flexibility index (Phi) is 4.16. The molecule has 9 heteroatoms. The standard InChI is InChI=1S/C13H12IN5O2S/c14-10-3-5-12(6-4-10)22(20,21)13-9-19(18-17-13)8-11-2-1-7-15-16-11/h1-7,9,15-16H,8H2. The molecule has 1 aromatic carbocycles. The van der Waals surface area contributed by atoms with E-state index in [4.69, 9.17) is 0 Å². The lowest BCUT2D eigenvalue weighted by Crippen LogP contribution is -2.30. The topological polar surface area (TPSA) is 88.9 Å². The summed E-state index contributed by atoms with van der Waals surface area (Å²) >= 11 is 2.12. The van der Waals surface area contributed by atoms with Gasteiger partial charge in [0.15, 0.2) is 0 Å². The van der Waals surface area contributed by atoms with Gasteiger partial charge in [-0.1, -0.05) is 5.21 Å². The number of nitrogens with one attached hydrogen (secondary N) is 2. The predicted octanol–water partition coefficient (Wildman–Crippen LogP) is 1.22. The summed E-state index contributed by atoms with van der Waals surface area (Å²) in [4.78, 5) is 0.208. The summed E-state index contributed by atoms with van der Waals surface area (Å²) in [6.45, 7) is 0.395. The van der Waals surface area contributed by atoms with E-state index in [0.717, 1.165) is 9.27 Å². The van der Waals surface area contributed by atoms with Gasteiger partial charge >= 0.3 is 0 Å². The van der Waals surface area contributed by atoms with Crippen molar-refractivity contribution in [2.24, 2.45) is 0 Å². The zero-order chi connectivity index (χ0) is 15.6. The minimum absolute atomic E-state index is 0.0615. The lowest BCUT2D eigenvalue weighted by molar-refractivity contribution is 0.579. The van der Waals surface area contributed by atoms with Crippen molar-refractivity contribution in [3.63, 3.8) is 0 Å². The number of hydrogen-bond donors (Lipinski definition) is 2. The van der Waals surface area contributed by atoms with E-state index in [-0.39, 0.29) is 9.92 Å². The number of benzene rings is 1. The summed E-state index contributed by atoms with van der Waals surface area (Å²) in [5, 5.41) is 7.59. The van der Waals surface area contributed by atoms with Crippen molar-refractivity contribution in [1.29, 1.82) is 0 Å². The Morgan fingerprint density at radius 3 is 2.68 bits per heavy atom. The largest absolute Gasteiger partial charge is 0.308 e. The van der Waals surface area contributed by atoms with Crippen LogP contribution in [0.25, 0.3) is 0 Å². The van der Waals surface area contributed by atoms with Crippen molar-refractivity contribution < 1.29 is 8.42 Å². The predicted molar refractivity (Wildman–Crippen MR) is 88.1 cm³/mol. The van der Waals surface area contributed by atoms with Gasteiger partial charge < -0.3 is 10.9 Å². The molecule has 22 heavy (non-hydrogen) atoms. The number of hydrazine groups is 1. The Morgan fingerprint density at radius 2 is 2.00 bits per heavy atom. The van der Waals surface area contributed by atoms with Crippen LogP contribution in [0.15, 0.2) is 64.4 Å². The molecule has 2 aromatic rings. The van der Waals surface area contributed by atoms with Crippen LogP contribution in [0.1, 0.15) is 0 Å². The van der Waals surface area contributed by atoms with Crippen molar-refractivity contribution >= 4 is 32.4 Å². The maximum absolute atomic E-state index is 12.5. The molecule has 3 rings (SSSR count). The average molecular weight is 429 g/mol. The Labute approximate surface area is 141 Å². The fourth-order valence-corrected chi connectivity index (χ4v) is 3.37. The lowest BCUT2D eigenvalue weighted by atomic mass is 10.3. The minimum atomic E-state index is -3.64. The van der Waals surface area contributed by atoms with E-state index >= 15 is 0 Å². The molecule has 0 saturated heterocycles. The van der Waals surface area contributed by atoms with E-state index in [1.54, 1.807) is 30.5 Å². The average Bonchev–Trinajstić information content (AvgIpc) is 2.98. The number of nitrogens with zero attached hydrogens (tertiary/aromatic N) is 3. The van der Waals surface area contributed by atoms with Crippen molar-refractivity contribution in [2.75, 3.05) is 0 Å². The molecule has 1 aliphatic heterocycles. The van der Waals surface area contributed by atoms with Crippen LogP contribution >= 0.6 is 22.6 Å². The molecule has 114 valence electrons. The second-order valence-corrected chi connectivity index (χ2v) is 7.67. The molecule has 1 aromatic heterocycles. The highest BCUT2D eigenvalue weighted by Gasteiger charge is 2.21. The van der Waals surface area contributed by atoms with Crippen LogP contribution in [0, 0.1) is 3.57 Å². The molecule has 0 bridgehead atoms. The molecule has 0 radical (unpaired) electrons. The number of hydrogen-bond acceptors (Lipinski definition) is 6. The third-order valence-corrected chi connectivity index (χ3v) is 5.31. The fourth-order valence-electron chi connectivity index (χ4n) is 1.87. The van der Waals surface area contributed by atoms with Crippen LogP contribution < -0.4 is 10.9 Å². The summed E-state index contributed by atoms with van der Waals surface area (Å²) in [5.41, 5.74) is 6.64. The highest BCUT2D eigenvalue weighted by atomic mass is 127. The molecule has 0 atom stereocenters. The minimum Gasteiger partial charge on any atom is -0.308 e. The summed E-state index contributed by atoms with van der Waals surface area (Å²) in [5.74, 6) is 0. The molecule has 0 amide bonds. The first-order valence-corrected chi connectivity index (χ1v) is 8.90. The number of sulfone groups is 1. The highest BCUT2D eigenvalue weighted by molar-refractivity contribution is 14.1. The Hall–Kier alpha value is -1.88. The van der Waals surface area contributed by atoms with Gasteiger partial charge in [-0.05, 0) is 59.0 Å². The second-order valence-electron chi connectivity index (χ2n) is 4.53. The maximum Gasteiger partial charge on any atom is 0.227 e. The molecule has 0 saturated carbocycles. The molecular weight excluding hydrogens is 417 g/mol. The van der Waals surface area contributed by atoms with Crippen molar-refractivity contribution in [3.05, 3.63) is 58.1 Å². The number of rotatable bonds is 4. The van der Waals surface area contributed by atoms with Crippen LogP contribution in [0.2, 0.25) is 0 Å². The van der Waals surface area contributed by atoms with Gasteiger partial charge in [0, 0.05) is 9.77 Å². The van der Waals surface area contributed by atoms with Crippen LogP contribution in [0.5, 0.6) is 0 Å². The molecular formula is C13H12IN5O2S. The molecule has 2 heterocycles. The van der Waals surface area contributed by atoms with Crippen LogP contribution in [-0.2, 0) is 16.4 Å². The van der Waals surface area contributed by atoms with Crippen LogP contribution in [0.3, 0.4) is 0 Å². The van der Waals surface area contributed by atoms with Gasteiger partial charge in [-0.3, -0.25) is 0 Å². The second kappa shape index (κ2) is 6.08. The van der Waals surface area contributed by atoms with Gasteiger partial charge in [0.2, 0.25) is 14.9 Å². The monoisotopic (exact) mass is 429 g/mol. The molecule has 7 nitrogen and oxygen atoms in total. The van der Waals surface area contributed by atoms with Gasteiger partial charge in [0.05, 0.1) is 23.3 Å². The first-order valence-electron chi connectivity index (χ1n) is 6.34. The molecule has 1 aliphatic rings. The van der Waals surface area contributed by atoms with Gasteiger partial charge in [-0.2, -0.15) is 0 Å². The molecule has 2 N–H and O–H groups in total. The lowest BCUT2D eigenvalue weighted by Gasteiger charge is -2.12. The molecule has 0 aliphatic carbocycles. The number of allylic oxidation sites excluding steroid dienone is 3. The van der Waals surface area contributed by atoms with E-state index in [0.29, 0.717) is 6.54 Å².